The van der Waals surface area contributed by atoms with Crippen LogP contribution in [0.4, 0.5) is 22.7 Å². The highest BCUT2D eigenvalue weighted by atomic mass is 15.2. The van der Waals surface area contributed by atoms with Crippen LogP contribution in [-0.4, -0.2) is 0 Å². The molecular weight excluding hydrogens is 258 g/mol. The molecule has 0 atom stereocenters. The van der Waals surface area contributed by atoms with Crippen LogP contribution in [0.5, 0.6) is 0 Å². The van der Waals surface area contributed by atoms with Crippen molar-refractivity contribution in [2.45, 2.75) is 0 Å². The second kappa shape index (κ2) is 5.89. The molecule has 0 aliphatic rings. The zero-order valence-electron chi connectivity index (χ0n) is 11.4. The summed E-state index contributed by atoms with van der Waals surface area (Å²) in [5.74, 6) is 0. The molecule has 0 saturated heterocycles. The molecule has 0 N–H and O–H groups in total. The van der Waals surface area contributed by atoms with E-state index in [0.717, 1.165) is 17.1 Å². The summed E-state index contributed by atoms with van der Waals surface area (Å²) in [6, 6.07) is 27.6. The van der Waals surface area contributed by atoms with Gasteiger partial charge in [-0.25, -0.2) is 0 Å². The SMILES string of the molecule is N#[N+]c1ccccc1N(c1ccccc1)c1ccccc1. The average Bonchev–Trinajstić information content (AvgIpc) is 2.58. The minimum atomic E-state index is 0.533. The van der Waals surface area contributed by atoms with E-state index in [1.165, 1.54) is 0 Å². The Labute approximate surface area is 123 Å². The highest BCUT2D eigenvalue weighted by Gasteiger charge is 2.21. The van der Waals surface area contributed by atoms with Crippen LogP contribution in [0.15, 0.2) is 84.9 Å². The molecule has 3 heteroatoms. The van der Waals surface area contributed by atoms with Gasteiger partial charge in [-0.1, -0.05) is 48.5 Å². The quantitative estimate of drug-likeness (QED) is 0.578. The first kappa shape index (κ1) is 12.9. The zero-order chi connectivity index (χ0) is 14.5. The summed E-state index contributed by atoms with van der Waals surface area (Å²) in [5.41, 5.74) is 3.39. The maximum absolute atomic E-state index is 9.26. The molecule has 0 aromatic heterocycles. The van der Waals surface area contributed by atoms with Crippen LogP contribution >= 0.6 is 0 Å². The Morgan fingerprint density at radius 1 is 0.619 bits per heavy atom. The van der Waals surface area contributed by atoms with E-state index in [9.17, 15) is 5.39 Å². The topological polar surface area (TPSA) is 31.4 Å². The molecule has 3 nitrogen and oxygen atoms in total. The normalized spacial score (nSPS) is 9.86. The van der Waals surface area contributed by atoms with Crippen LogP contribution in [0.1, 0.15) is 0 Å². The number of nitrogens with zero attached hydrogens (tertiary/aromatic N) is 3. The fourth-order valence-electron chi connectivity index (χ4n) is 2.32. The number of hydrogen-bond acceptors (Lipinski definition) is 2. The number of benzene rings is 3. The first-order valence-corrected chi connectivity index (χ1v) is 6.74. The average molecular weight is 272 g/mol. The molecule has 3 aromatic carbocycles. The molecule has 0 heterocycles. The van der Waals surface area contributed by atoms with E-state index in [-0.39, 0.29) is 0 Å². The van der Waals surface area contributed by atoms with Crippen molar-refractivity contribution in [3.8, 4) is 0 Å². The largest absolute Gasteiger partial charge is 0.408 e. The lowest BCUT2D eigenvalue weighted by Crippen LogP contribution is -2.09. The number of rotatable bonds is 3. The van der Waals surface area contributed by atoms with Gasteiger partial charge < -0.3 is 4.90 Å². The third kappa shape index (κ3) is 2.60. The molecule has 3 rings (SSSR count). The van der Waals surface area contributed by atoms with Crippen LogP contribution < -0.4 is 4.90 Å². The third-order valence-electron chi connectivity index (χ3n) is 3.26. The smallest absolute Gasteiger partial charge is 0.303 e. The fraction of sp³-hybridized carbons (Fsp3) is 0. The lowest BCUT2D eigenvalue weighted by molar-refractivity contribution is 1.28. The number of diazo groups is 1. The Morgan fingerprint density at radius 3 is 1.62 bits per heavy atom. The Morgan fingerprint density at radius 2 is 1.10 bits per heavy atom. The molecule has 100 valence electrons. The molecule has 0 saturated carbocycles. The number of para-hydroxylation sites is 3. The highest BCUT2D eigenvalue weighted by molar-refractivity contribution is 5.84. The van der Waals surface area contributed by atoms with Crippen molar-refractivity contribution in [1.29, 1.82) is 5.39 Å². The first-order valence-electron chi connectivity index (χ1n) is 6.74. The second-order valence-electron chi connectivity index (χ2n) is 4.60. The first-order chi connectivity index (χ1) is 10.4. The summed E-state index contributed by atoms with van der Waals surface area (Å²) < 4.78 is 0. The van der Waals surface area contributed by atoms with Crippen molar-refractivity contribution in [3.05, 3.63) is 89.9 Å². The Kier molecular flexibility index (Phi) is 3.62. The maximum Gasteiger partial charge on any atom is 0.408 e. The standard InChI is InChI=1S/C18H14N3/c19-20-17-13-7-8-14-18(17)21(15-9-3-1-4-10-15)16-11-5-2-6-12-16/h1-14H/q+1. The highest BCUT2D eigenvalue weighted by Crippen LogP contribution is 2.39. The van der Waals surface area contributed by atoms with Gasteiger partial charge in [-0.05, 0) is 30.3 Å². The Balaban J connectivity index is 2.21. The van der Waals surface area contributed by atoms with Crippen LogP contribution in [0.3, 0.4) is 0 Å². The van der Waals surface area contributed by atoms with Gasteiger partial charge in [0.15, 0.2) is 4.98 Å². The van der Waals surface area contributed by atoms with Gasteiger partial charge in [0.1, 0.15) is 5.69 Å². The molecule has 21 heavy (non-hydrogen) atoms. The molecule has 0 unspecified atom stereocenters. The Hall–Kier alpha value is -3.12. The molecule has 0 spiro atoms. The van der Waals surface area contributed by atoms with Gasteiger partial charge in [-0.15, -0.1) is 0 Å². The fourth-order valence-corrected chi connectivity index (χ4v) is 2.32. The van der Waals surface area contributed by atoms with Crippen molar-refractivity contribution in [2.24, 2.45) is 0 Å². The lowest BCUT2D eigenvalue weighted by Gasteiger charge is -2.23. The van der Waals surface area contributed by atoms with Crippen molar-refractivity contribution in [1.82, 2.24) is 0 Å². The molecule has 0 bridgehead atoms. The van der Waals surface area contributed by atoms with E-state index in [4.69, 9.17) is 0 Å². The molecular formula is C18H14N3+. The zero-order valence-corrected chi connectivity index (χ0v) is 11.4. The van der Waals surface area contributed by atoms with Gasteiger partial charge >= 0.3 is 5.69 Å². The van der Waals surface area contributed by atoms with Gasteiger partial charge in [0.2, 0.25) is 5.39 Å². The number of hydrogen-bond donors (Lipinski definition) is 0. The van der Waals surface area contributed by atoms with Gasteiger partial charge in [0.25, 0.3) is 0 Å². The van der Waals surface area contributed by atoms with Crippen molar-refractivity contribution in [3.63, 3.8) is 0 Å². The van der Waals surface area contributed by atoms with E-state index < -0.39 is 0 Å². The van der Waals surface area contributed by atoms with E-state index in [0.29, 0.717) is 5.69 Å². The van der Waals surface area contributed by atoms with Crippen LogP contribution in [0, 0.1) is 5.39 Å². The van der Waals surface area contributed by atoms with E-state index in [1.54, 1.807) is 6.07 Å². The van der Waals surface area contributed by atoms with Crippen molar-refractivity contribution >= 4 is 22.7 Å². The van der Waals surface area contributed by atoms with Crippen molar-refractivity contribution in [2.75, 3.05) is 4.90 Å². The predicted octanol–water partition coefficient (Wildman–Crippen LogP) is 5.64. The number of anilines is 3. The van der Waals surface area contributed by atoms with Crippen LogP contribution in [0.25, 0.3) is 4.98 Å². The third-order valence-corrected chi connectivity index (χ3v) is 3.26. The molecule has 0 amide bonds. The second-order valence-corrected chi connectivity index (χ2v) is 4.60. The summed E-state index contributed by atoms with van der Waals surface area (Å²) in [7, 11) is 0. The van der Waals surface area contributed by atoms with Gasteiger partial charge in [0.05, 0.1) is 0 Å². The maximum atomic E-state index is 9.26. The molecule has 0 radical (unpaired) electrons. The summed E-state index contributed by atoms with van der Waals surface area (Å²) in [4.78, 5) is 5.47. The van der Waals surface area contributed by atoms with Crippen molar-refractivity contribution < 1.29 is 0 Å². The van der Waals surface area contributed by atoms with Crippen LogP contribution in [0.2, 0.25) is 0 Å². The van der Waals surface area contributed by atoms with E-state index in [1.807, 2.05) is 78.9 Å². The molecule has 0 fully saturated rings. The molecule has 0 aliphatic carbocycles. The monoisotopic (exact) mass is 272 g/mol. The Bertz CT molecular complexity index is 722. The van der Waals surface area contributed by atoms with E-state index >= 15 is 0 Å². The summed E-state index contributed by atoms with van der Waals surface area (Å²) in [6.45, 7) is 0. The van der Waals surface area contributed by atoms with Gasteiger partial charge in [-0.3, -0.25) is 0 Å². The minimum Gasteiger partial charge on any atom is -0.303 e. The van der Waals surface area contributed by atoms with E-state index in [2.05, 4.69) is 9.88 Å². The van der Waals surface area contributed by atoms with Gasteiger partial charge in [-0.2, -0.15) is 0 Å². The summed E-state index contributed by atoms with van der Waals surface area (Å²) in [5, 5.41) is 9.26. The van der Waals surface area contributed by atoms with Crippen LogP contribution in [-0.2, 0) is 0 Å². The molecule has 3 aromatic rings. The summed E-state index contributed by atoms with van der Waals surface area (Å²) in [6.07, 6.45) is 0. The predicted molar refractivity (Wildman–Crippen MR) is 85.9 cm³/mol. The summed E-state index contributed by atoms with van der Waals surface area (Å²) >= 11 is 0. The van der Waals surface area contributed by atoms with Gasteiger partial charge in [0, 0.05) is 17.4 Å². The molecule has 0 aliphatic heterocycles. The minimum absolute atomic E-state index is 0.533. The lowest BCUT2D eigenvalue weighted by atomic mass is 10.1.